The Bertz CT molecular complexity index is 2640. The molecule has 0 fully saturated rings. The zero-order chi connectivity index (χ0) is 37.4. The van der Waals surface area contributed by atoms with Crippen LogP contribution in [-0.2, 0) is 0 Å². The molecule has 0 saturated carbocycles. The van der Waals surface area contributed by atoms with Gasteiger partial charge in [0.15, 0.2) is 0 Å². The Hall–Kier alpha value is -6.55. The Labute approximate surface area is 325 Å². The average Bonchev–Trinajstić information content (AvgIpc) is 3.24. The van der Waals surface area contributed by atoms with Crippen LogP contribution in [0.25, 0.3) is 66.1 Å². The molecule has 0 aliphatic heterocycles. The molecule has 0 N–H and O–H groups in total. The largest absolute Gasteiger partial charge is 0.295 e. The predicted octanol–water partition coefficient (Wildman–Crippen LogP) is 14.1. The third-order valence-corrected chi connectivity index (χ3v) is 12.7. The lowest BCUT2D eigenvalue weighted by Crippen LogP contribution is -2.37. The first-order valence-electron chi connectivity index (χ1n) is 19.0. The highest BCUT2D eigenvalue weighted by atomic mass is 28.3. The second-order valence-electron chi connectivity index (χ2n) is 15.2. The zero-order valence-electron chi connectivity index (χ0n) is 31.4. The Morgan fingerprint density at radius 3 is 1.24 bits per heavy atom. The molecule has 8 aromatic carbocycles. The van der Waals surface area contributed by atoms with Gasteiger partial charge in [-0.1, -0.05) is 165 Å². The van der Waals surface area contributed by atoms with Crippen LogP contribution in [0.4, 0.5) is 17.2 Å². The SMILES string of the molecule is C[Si](C)(C)c1ccc(N(c2ccccc2)c2ccc(-c3c4ccccc4c(-c4cc(-c5ccccc5)cc(-c5ccccc5)c4)c4ccccc34)cc2)nc1. The van der Waals surface area contributed by atoms with E-state index >= 15 is 0 Å². The number of nitrogens with zero attached hydrogens (tertiary/aromatic N) is 2. The van der Waals surface area contributed by atoms with Crippen molar-refractivity contribution in [1.82, 2.24) is 4.98 Å². The van der Waals surface area contributed by atoms with Crippen molar-refractivity contribution >= 4 is 52.0 Å². The summed E-state index contributed by atoms with van der Waals surface area (Å²) in [4.78, 5) is 7.26. The quantitative estimate of drug-likeness (QED) is 0.115. The lowest BCUT2D eigenvalue weighted by Gasteiger charge is -2.26. The Balaban J connectivity index is 1.22. The van der Waals surface area contributed by atoms with Crippen molar-refractivity contribution in [2.24, 2.45) is 0 Å². The van der Waals surface area contributed by atoms with Gasteiger partial charge in [-0.3, -0.25) is 4.90 Å². The van der Waals surface area contributed by atoms with Crippen molar-refractivity contribution in [1.29, 1.82) is 0 Å². The molecule has 0 aliphatic carbocycles. The summed E-state index contributed by atoms with van der Waals surface area (Å²) in [5, 5.41) is 6.30. The summed E-state index contributed by atoms with van der Waals surface area (Å²) in [5.74, 6) is 0.911. The first-order chi connectivity index (χ1) is 26.9. The van der Waals surface area contributed by atoms with E-state index in [-0.39, 0.29) is 0 Å². The van der Waals surface area contributed by atoms with E-state index in [1.54, 1.807) is 0 Å². The normalized spacial score (nSPS) is 11.5. The van der Waals surface area contributed by atoms with Crippen LogP contribution in [0.15, 0.2) is 200 Å². The van der Waals surface area contributed by atoms with Gasteiger partial charge in [0.05, 0.1) is 8.07 Å². The van der Waals surface area contributed by atoms with Gasteiger partial charge in [0.1, 0.15) is 5.82 Å². The minimum absolute atomic E-state index is 0.911. The first kappa shape index (κ1) is 34.2. The Morgan fingerprint density at radius 2 is 0.782 bits per heavy atom. The molecule has 9 aromatic rings. The monoisotopic (exact) mass is 722 g/mol. The summed E-state index contributed by atoms with van der Waals surface area (Å²) in [6.45, 7) is 7.09. The highest BCUT2D eigenvalue weighted by Gasteiger charge is 2.21. The maximum absolute atomic E-state index is 5.01. The van der Waals surface area contributed by atoms with Crippen LogP contribution in [-0.4, -0.2) is 13.1 Å². The molecule has 9 rings (SSSR count). The molecule has 2 nitrogen and oxygen atoms in total. The first-order valence-corrected chi connectivity index (χ1v) is 22.5. The number of aromatic nitrogens is 1. The van der Waals surface area contributed by atoms with Crippen molar-refractivity contribution in [3.05, 3.63) is 200 Å². The van der Waals surface area contributed by atoms with Crippen LogP contribution in [0.2, 0.25) is 19.6 Å². The van der Waals surface area contributed by atoms with Gasteiger partial charge in [0.2, 0.25) is 0 Å². The fourth-order valence-electron chi connectivity index (χ4n) is 7.85. The van der Waals surface area contributed by atoms with Crippen LogP contribution in [0.1, 0.15) is 0 Å². The standard InChI is InChI=1S/C52H42N2Si/c1-55(2,3)45-31-32-50(53-36-45)54(43-21-11-6-12-22-43)44-29-27-39(28-30-44)51-46-23-13-15-25-48(46)52(49-26-16-14-24-47(49)51)42-34-40(37-17-7-4-8-18-37)33-41(35-42)38-19-9-5-10-20-38/h4-36H,1-3H3. The molecule has 3 heteroatoms. The van der Waals surface area contributed by atoms with E-state index in [0.717, 1.165) is 17.2 Å². The molecular formula is C52H42N2Si. The number of fused-ring (bicyclic) bond motifs is 2. The third kappa shape index (κ3) is 6.64. The minimum Gasteiger partial charge on any atom is -0.295 e. The molecule has 0 radical (unpaired) electrons. The lowest BCUT2D eigenvalue weighted by atomic mass is 9.84. The van der Waals surface area contributed by atoms with Gasteiger partial charge < -0.3 is 0 Å². The summed E-state index contributed by atoms with van der Waals surface area (Å²) >= 11 is 0. The molecule has 1 heterocycles. The molecule has 264 valence electrons. The van der Waals surface area contributed by atoms with E-state index in [9.17, 15) is 0 Å². The smallest absolute Gasteiger partial charge is 0.137 e. The predicted molar refractivity (Wildman–Crippen MR) is 239 cm³/mol. The number of anilines is 3. The van der Waals surface area contributed by atoms with Crippen LogP contribution < -0.4 is 10.1 Å². The third-order valence-electron chi connectivity index (χ3n) is 10.6. The fraction of sp³-hybridized carbons (Fsp3) is 0.0577. The number of hydrogen-bond donors (Lipinski definition) is 0. The molecule has 0 amide bonds. The zero-order valence-corrected chi connectivity index (χ0v) is 32.4. The number of pyridine rings is 1. The second kappa shape index (κ2) is 14.4. The maximum atomic E-state index is 5.01. The van der Waals surface area contributed by atoms with Crippen molar-refractivity contribution in [3.63, 3.8) is 0 Å². The molecule has 0 atom stereocenters. The van der Waals surface area contributed by atoms with Crippen molar-refractivity contribution in [2.45, 2.75) is 19.6 Å². The average molecular weight is 723 g/mol. The van der Waals surface area contributed by atoms with E-state index < -0.39 is 8.07 Å². The Kier molecular flexibility index (Phi) is 8.93. The van der Waals surface area contributed by atoms with Gasteiger partial charge in [-0.05, 0) is 120 Å². The molecule has 1 aromatic heterocycles. The molecule has 0 saturated heterocycles. The molecule has 55 heavy (non-hydrogen) atoms. The van der Waals surface area contributed by atoms with Gasteiger partial charge >= 0.3 is 0 Å². The molecule has 0 bridgehead atoms. The molecule has 0 aliphatic rings. The van der Waals surface area contributed by atoms with E-state index in [4.69, 9.17) is 4.98 Å². The van der Waals surface area contributed by atoms with Gasteiger partial charge in [-0.25, -0.2) is 4.98 Å². The summed E-state index contributed by atoms with van der Waals surface area (Å²) < 4.78 is 0. The lowest BCUT2D eigenvalue weighted by molar-refractivity contribution is 1.18. The highest BCUT2D eigenvalue weighted by Crippen LogP contribution is 2.46. The molecular weight excluding hydrogens is 681 g/mol. The van der Waals surface area contributed by atoms with Crippen molar-refractivity contribution in [3.8, 4) is 44.5 Å². The van der Waals surface area contributed by atoms with E-state index in [0.29, 0.717) is 0 Å². The van der Waals surface area contributed by atoms with E-state index in [1.165, 1.54) is 71.2 Å². The number of benzene rings is 8. The fourth-order valence-corrected chi connectivity index (χ4v) is 8.88. The minimum atomic E-state index is -1.48. The summed E-state index contributed by atoms with van der Waals surface area (Å²) in [6.07, 6.45) is 2.07. The summed E-state index contributed by atoms with van der Waals surface area (Å²) in [6, 6.07) is 70.4. The van der Waals surface area contributed by atoms with Crippen LogP contribution >= 0.6 is 0 Å². The number of para-hydroxylation sites is 1. The highest BCUT2D eigenvalue weighted by molar-refractivity contribution is 6.88. The van der Waals surface area contributed by atoms with E-state index in [1.807, 2.05) is 0 Å². The summed E-state index contributed by atoms with van der Waals surface area (Å²) in [7, 11) is -1.48. The number of hydrogen-bond acceptors (Lipinski definition) is 2. The van der Waals surface area contributed by atoms with Crippen LogP contribution in [0, 0.1) is 0 Å². The maximum Gasteiger partial charge on any atom is 0.137 e. The van der Waals surface area contributed by atoms with Crippen LogP contribution in [0.3, 0.4) is 0 Å². The molecule has 0 spiro atoms. The molecule has 0 unspecified atom stereocenters. The summed E-state index contributed by atoms with van der Waals surface area (Å²) in [5.41, 5.74) is 11.9. The Morgan fingerprint density at radius 1 is 0.364 bits per heavy atom. The topological polar surface area (TPSA) is 16.1 Å². The second-order valence-corrected chi connectivity index (χ2v) is 20.3. The number of rotatable bonds is 8. The van der Waals surface area contributed by atoms with Gasteiger partial charge in [0, 0.05) is 17.6 Å². The van der Waals surface area contributed by atoms with Gasteiger partial charge in [0.25, 0.3) is 0 Å². The van der Waals surface area contributed by atoms with Crippen molar-refractivity contribution < 1.29 is 0 Å². The van der Waals surface area contributed by atoms with E-state index in [2.05, 4.69) is 225 Å². The van der Waals surface area contributed by atoms with Crippen molar-refractivity contribution in [2.75, 3.05) is 4.90 Å². The van der Waals surface area contributed by atoms with Crippen LogP contribution in [0.5, 0.6) is 0 Å². The van der Waals surface area contributed by atoms with Gasteiger partial charge in [-0.2, -0.15) is 0 Å². The van der Waals surface area contributed by atoms with Gasteiger partial charge in [-0.15, -0.1) is 0 Å².